The molecule has 0 aliphatic carbocycles. The lowest BCUT2D eigenvalue weighted by atomic mass is 10.1. The van der Waals surface area contributed by atoms with Crippen LogP contribution in [0.15, 0.2) is 118 Å². The van der Waals surface area contributed by atoms with Gasteiger partial charge in [0.1, 0.15) is 10.6 Å². The molecular weight excluding hydrogens is 647 g/mol. The van der Waals surface area contributed by atoms with Crippen molar-refractivity contribution in [2.45, 2.75) is 14.7 Å². The second-order valence-corrected chi connectivity index (χ2v) is 16.2. The fourth-order valence-corrected chi connectivity index (χ4v) is 9.27. The summed E-state index contributed by atoms with van der Waals surface area (Å²) in [5, 5.41) is 9.27. The Morgan fingerprint density at radius 2 is 1.22 bits per heavy atom. The van der Waals surface area contributed by atoms with E-state index in [1.807, 2.05) is 37.2 Å². The number of hydrogen-bond donors (Lipinski definition) is 3. The number of rotatable bonds is 9. The molecule has 0 spiro atoms. The number of nitrogens with one attached hydrogen (secondary N) is 3. The van der Waals surface area contributed by atoms with Gasteiger partial charge in [0.05, 0.1) is 15.3 Å². The number of sulfonamides is 2. The molecule has 236 valence electrons. The molecule has 0 saturated carbocycles. The van der Waals surface area contributed by atoms with Gasteiger partial charge in [-0.2, -0.15) is 5.10 Å². The Morgan fingerprint density at radius 1 is 0.609 bits per heavy atom. The summed E-state index contributed by atoms with van der Waals surface area (Å²) in [6.07, 6.45) is 0.947. The number of nitrogens with zero attached hydrogens (tertiary/aromatic N) is 2. The first-order valence-corrected chi connectivity index (χ1v) is 18.7. The predicted octanol–water partition coefficient (Wildman–Crippen LogP) is 5.45. The van der Waals surface area contributed by atoms with Gasteiger partial charge in [0.15, 0.2) is 9.84 Å². The molecule has 0 saturated heterocycles. The maximum atomic E-state index is 13.6. The normalized spacial score (nSPS) is 12.3. The number of benzene rings is 5. The van der Waals surface area contributed by atoms with Crippen molar-refractivity contribution in [2.24, 2.45) is 0 Å². The van der Waals surface area contributed by atoms with E-state index in [2.05, 4.69) is 19.6 Å². The van der Waals surface area contributed by atoms with Gasteiger partial charge in [0, 0.05) is 59.1 Å². The Labute approximate surface area is 266 Å². The van der Waals surface area contributed by atoms with Crippen LogP contribution in [-0.4, -0.2) is 55.8 Å². The fraction of sp³-hybridized carbons (Fsp3) is 0.0938. The van der Waals surface area contributed by atoms with E-state index in [9.17, 15) is 25.3 Å². The molecule has 0 fully saturated rings. The molecule has 0 aliphatic heterocycles. The Kier molecular flexibility index (Phi) is 7.74. The van der Waals surface area contributed by atoms with Crippen LogP contribution in [0, 0.1) is 0 Å². The largest absolute Gasteiger partial charge is 0.377 e. The zero-order valence-corrected chi connectivity index (χ0v) is 27.3. The molecule has 11 nitrogen and oxygen atoms in total. The van der Waals surface area contributed by atoms with Crippen LogP contribution in [0.2, 0.25) is 0 Å². The van der Waals surface area contributed by atoms with E-state index in [-0.39, 0.29) is 20.4 Å². The van der Waals surface area contributed by atoms with E-state index in [1.165, 1.54) is 30.3 Å². The smallest absolute Gasteiger partial charge is 0.263 e. The van der Waals surface area contributed by atoms with Gasteiger partial charge >= 0.3 is 0 Å². The Hall–Kier alpha value is -4.92. The molecule has 0 aliphatic rings. The maximum Gasteiger partial charge on any atom is 0.263 e. The molecule has 0 atom stereocenters. The third-order valence-electron chi connectivity index (χ3n) is 7.37. The molecule has 1 aromatic heterocycles. The minimum Gasteiger partial charge on any atom is -0.377 e. The van der Waals surface area contributed by atoms with E-state index in [4.69, 9.17) is 0 Å². The lowest BCUT2D eigenvalue weighted by molar-refractivity contribution is 0.588. The second-order valence-electron chi connectivity index (χ2n) is 10.9. The molecule has 5 aromatic carbocycles. The monoisotopic (exact) mass is 675 g/mol. The van der Waals surface area contributed by atoms with Crippen molar-refractivity contribution < 1.29 is 25.3 Å². The molecule has 0 amide bonds. The standard InChI is InChI=1S/C32H29N5O6S3/c1-37(2)28-13-7-12-25-24(28)11-8-16-29(25)45(40,41)35-22-10-6-9-21(19-22)32-26-20-23(17-18-27(26)33-34-32)36-46(42,43)31-15-5-4-14-30(31)44(3,38)39/h4-20,35-36H,1-3H3,(H,33,34). The van der Waals surface area contributed by atoms with Crippen LogP contribution in [-0.2, 0) is 29.9 Å². The van der Waals surface area contributed by atoms with Gasteiger partial charge in [-0.1, -0.05) is 48.5 Å². The number of fused-ring (bicyclic) bond motifs is 2. The topological polar surface area (TPSA) is 158 Å². The highest BCUT2D eigenvalue weighted by atomic mass is 32.2. The minimum absolute atomic E-state index is 0.138. The van der Waals surface area contributed by atoms with Crippen LogP contribution in [0.3, 0.4) is 0 Å². The van der Waals surface area contributed by atoms with Gasteiger partial charge in [-0.25, -0.2) is 25.3 Å². The molecule has 46 heavy (non-hydrogen) atoms. The van der Waals surface area contributed by atoms with Gasteiger partial charge in [-0.05, 0) is 54.6 Å². The van der Waals surface area contributed by atoms with Gasteiger partial charge in [-0.15, -0.1) is 0 Å². The van der Waals surface area contributed by atoms with Crippen LogP contribution >= 0.6 is 0 Å². The summed E-state index contributed by atoms with van der Waals surface area (Å²) in [6, 6.07) is 27.5. The molecule has 6 aromatic rings. The van der Waals surface area contributed by atoms with Crippen molar-refractivity contribution >= 4 is 68.6 Å². The molecule has 6 rings (SSSR count). The SMILES string of the molecule is CN(C)c1cccc2c(S(=O)(=O)Nc3cccc(-c4n[nH]c5ccc(NS(=O)(=O)c6ccccc6S(C)(=O)=O)cc45)c3)cccc12. The maximum absolute atomic E-state index is 13.6. The summed E-state index contributed by atoms with van der Waals surface area (Å²) in [5.41, 5.74) is 3.01. The molecule has 1 heterocycles. The van der Waals surface area contributed by atoms with Crippen molar-refractivity contribution in [2.75, 3.05) is 34.7 Å². The van der Waals surface area contributed by atoms with E-state index >= 15 is 0 Å². The van der Waals surface area contributed by atoms with Gasteiger partial charge in [-0.3, -0.25) is 14.5 Å². The average molecular weight is 676 g/mol. The molecule has 0 radical (unpaired) electrons. The third-order valence-corrected chi connectivity index (χ3v) is 11.5. The highest BCUT2D eigenvalue weighted by Gasteiger charge is 2.24. The van der Waals surface area contributed by atoms with Crippen LogP contribution < -0.4 is 14.3 Å². The van der Waals surface area contributed by atoms with Crippen LogP contribution in [0.1, 0.15) is 0 Å². The van der Waals surface area contributed by atoms with Crippen molar-refractivity contribution in [1.82, 2.24) is 10.2 Å². The first-order valence-electron chi connectivity index (χ1n) is 13.9. The molecule has 0 unspecified atom stereocenters. The van der Waals surface area contributed by atoms with Crippen molar-refractivity contribution in [3.8, 4) is 11.3 Å². The summed E-state index contributed by atoms with van der Waals surface area (Å²) >= 11 is 0. The fourth-order valence-electron chi connectivity index (χ4n) is 5.32. The number of aromatic amines is 1. The summed E-state index contributed by atoms with van der Waals surface area (Å²) < 4.78 is 83.4. The summed E-state index contributed by atoms with van der Waals surface area (Å²) in [4.78, 5) is 1.38. The quantitative estimate of drug-likeness (QED) is 0.182. The predicted molar refractivity (Wildman–Crippen MR) is 181 cm³/mol. The van der Waals surface area contributed by atoms with E-state index in [1.54, 1.807) is 54.6 Å². The van der Waals surface area contributed by atoms with Crippen molar-refractivity contribution in [3.05, 3.63) is 103 Å². The minimum atomic E-state index is -4.27. The Morgan fingerprint density at radius 3 is 1.93 bits per heavy atom. The van der Waals surface area contributed by atoms with E-state index < -0.39 is 29.9 Å². The zero-order chi connectivity index (χ0) is 32.9. The number of aromatic nitrogens is 2. The molecule has 3 N–H and O–H groups in total. The second kappa shape index (κ2) is 11.5. The summed E-state index contributed by atoms with van der Waals surface area (Å²) in [7, 11) is -8.29. The van der Waals surface area contributed by atoms with E-state index in [0.29, 0.717) is 33.2 Å². The molecule has 14 heteroatoms. The number of sulfone groups is 1. The highest BCUT2D eigenvalue weighted by molar-refractivity contribution is 7.95. The van der Waals surface area contributed by atoms with Gasteiger partial charge in [0.2, 0.25) is 0 Å². The third kappa shape index (κ3) is 5.89. The number of H-pyrrole nitrogens is 1. The number of anilines is 3. The number of hydrogen-bond acceptors (Lipinski definition) is 8. The zero-order valence-electron chi connectivity index (χ0n) is 24.9. The first kappa shape index (κ1) is 31.1. The van der Waals surface area contributed by atoms with Crippen LogP contribution in [0.5, 0.6) is 0 Å². The average Bonchev–Trinajstić information content (AvgIpc) is 3.43. The first-order chi connectivity index (χ1) is 21.7. The van der Waals surface area contributed by atoms with Crippen LogP contribution in [0.25, 0.3) is 32.9 Å². The van der Waals surface area contributed by atoms with Crippen molar-refractivity contribution in [3.63, 3.8) is 0 Å². The van der Waals surface area contributed by atoms with Gasteiger partial charge < -0.3 is 4.90 Å². The summed E-state index contributed by atoms with van der Waals surface area (Å²) in [5.74, 6) is 0. The van der Waals surface area contributed by atoms with E-state index in [0.717, 1.165) is 17.3 Å². The molecular formula is C32H29N5O6S3. The van der Waals surface area contributed by atoms with Crippen molar-refractivity contribution in [1.29, 1.82) is 0 Å². The lowest BCUT2D eigenvalue weighted by Gasteiger charge is -2.17. The molecule has 0 bridgehead atoms. The van der Waals surface area contributed by atoms with Gasteiger partial charge in [0.25, 0.3) is 20.0 Å². The van der Waals surface area contributed by atoms with Crippen LogP contribution in [0.4, 0.5) is 17.1 Å². The Bertz CT molecular complexity index is 2480. The summed E-state index contributed by atoms with van der Waals surface area (Å²) in [6.45, 7) is 0. The lowest BCUT2D eigenvalue weighted by Crippen LogP contribution is -2.16. The Balaban J connectivity index is 1.33. The highest BCUT2D eigenvalue weighted by Crippen LogP contribution is 2.34.